The Labute approximate surface area is 81.0 Å². The fourth-order valence-corrected chi connectivity index (χ4v) is 1.11. The van der Waals surface area contributed by atoms with E-state index < -0.39 is 0 Å². The van der Waals surface area contributed by atoms with Gasteiger partial charge in [-0.15, -0.1) is 0 Å². The molecule has 1 atom stereocenters. The molecule has 0 N–H and O–H groups in total. The molecule has 0 heterocycles. The summed E-state index contributed by atoms with van der Waals surface area (Å²) < 4.78 is 5.42. The summed E-state index contributed by atoms with van der Waals surface area (Å²) in [6.45, 7) is 13.8. The van der Waals surface area contributed by atoms with Crippen LogP contribution >= 0.6 is 0 Å². The van der Waals surface area contributed by atoms with Crippen molar-refractivity contribution in [3.8, 4) is 0 Å². The van der Waals surface area contributed by atoms with Crippen molar-refractivity contribution in [1.82, 2.24) is 0 Å². The molecule has 0 amide bonds. The Balaban J connectivity index is 4.61. The average molecular weight is 184 g/mol. The fraction of sp³-hybridized carbons (Fsp3) is 0.727. The zero-order valence-corrected chi connectivity index (χ0v) is 9.31. The molecule has 0 aliphatic carbocycles. The van der Waals surface area contributed by atoms with Crippen molar-refractivity contribution in [3.05, 3.63) is 12.2 Å². The summed E-state index contributed by atoms with van der Waals surface area (Å²) in [6.07, 6.45) is -0.366. The fourth-order valence-electron chi connectivity index (χ4n) is 1.11. The van der Waals surface area contributed by atoms with Gasteiger partial charge in [-0.3, -0.25) is 4.79 Å². The number of ether oxygens (including phenoxy) is 1. The van der Waals surface area contributed by atoms with Crippen LogP contribution in [0.3, 0.4) is 0 Å². The van der Waals surface area contributed by atoms with E-state index in [-0.39, 0.29) is 17.3 Å². The quantitative estimate of drug-likeness (QED) is 0.628. The van der Waals surface area contributed by atoms with Crippen LogP contribution in [0.4, 0.5) is 0 Å². The molecule has 0 aromatic carbocycles. The second-order valence-corrected chi connectivity index (χ2v) is 4.35. The van der Waals surface area contributed by atoms with Gasteiger partial charge in [0, 0.05) is 6.61 Å². The van der Waals surface area contributed by atoms with E-state index in [1.54, 1.807) is 6.92 Å². The van der Waals surface area contributed by atoms with Gasteiger partial charge in [-0.2, -0.15) is 0 Å². The maximum atomic E-state index is 11.7. The zero-order chi connectivity index (χ0) is 10.6. The normalized spacial score (nSPS) is 13.9. The van der Waals surface area contributed by atoms with Crippen molar-refractivity contribution in [2.24, 2.45) is 5.41 Å². The molecule has 0 aliphatic rings. The van der Waals surface area contributed by atoms with Crippen molar-refractivity contribution in [1.29, 1.82) is 0 Å². The lowest BCUT2D eigenvalue weighted by molar-refractivity contribution is -0.133. The summed E-state index contributed by atoms with van der Waals surface area (Å²) in [6, 6.07) is 0. The van der Waals surface area contributed by atoms with Crippen LogP contribution < -0.4 is 0 Å². The highest BCUT2D eigenvalue weighted by Gasteiger charge is 2.31. The molecule has 2 nitrogen and oxygen atoms in total. The molecule has 0 rings (SSSR count). The van der Waals surface area contributed by atoms with E-state index in [0.717, 1.165) is 0 Å². The highest BCUT2D eigenvalue weighted by molar-refractivity contribution is 5.98. The number of Topliss-reactive ketones (excluding diaryl/α,β-unsaturated/α-hetero) is 1. The SMILES string of the molecule is C=C(C)C(=O)C(OCC)C(C)(C)C. The molecule has 76 valence electrons. The van der Waals surface area contributed by atoms with E-state index in [1.165, 1.54) is 0 Å². The van der Waals surface area contributed by atoms with Crippen LogP contribution in [-0.4, -0.2) is 18.5 Å². The molecule has 0 aromatic heterocycles. The van der Waals surface area contributed by atoms with Crippen LogP contribution in [-0.2, 0) is 9.53 Å². The van der Waals surface area contributed by atoms with Crippen molar-refractivity contribution in [2.45, 2.75) is 40.7 Å². The highest BCUT2D eigenvalue weighted by Crippen LogP contribution is 2.24. The Morgan fingerprint density at radius 3 is 2.15 bits per heavy atom. The Kier molecular flexibility index (Phi) is 4.34. The maximum absolute atomic E-state index is 11.7. The van der Waals surface area contributed by atoms with Crippen LogP contribution in [0.15, 0.2) is 12.2 Å². The Bertz CT molecular complexity index is 199. The van der Waals surface area contributed by atoms with Gasteiger partial charge in [0.2, 0.25) is 0 Å². The minimum absolute atomic E-state index is 0.00866. The smallest absolute Gasteiger partial charge is 0.187 e. The number of ketones is 1. The molecular formula is C11H20O2. The minimum Gasteiger partial charge on any atom is -0.370 e. The molecule has 0 saturated heterocycles. The molecule has 0 radical (unpaired) electrons. The number of carbonyl (C=O) groups is 1. The lowest BCUT2D eigenvalue weighted by Gasteiger charge is -2.29. The van der Waals surface area contributed by atoms with E-state index in [0.29, 0.717) is 12.2 Å². The van der Waals surface area contributed by atoms with Crippen LogP contribution in [0, 0.1) is 5.41 Å². The first-order chi connectivity index (χ1) is 5.80. The number of hydrogen-bond acceptors (Lipinski definition) is 2. The summed E-state index contributed by atoms with van der Waals surface area (Å²) in [5.41, 5.74) is 0.403. The van der Waals surface area contributed by atoms with Crippen molar-refractivity contribution >= 4 is 5.78 Å². The van der Waals surface area contributed by atoms with Gasteiger partial charge in [-0.25, -0.2) is 0 Å². The summed E-state index contributed by atoms with van der Waals surface area (Å²) in [7, 11) is 0. The molecule has 0 spiro atoms. The van der Waals surface area contributed by atoms with Gasteiger partial charge in [0.05, 0.1) is 0 Å². The van der Waals surface area contributed by atoms with Gasteiger partial charge in [-0.05, 0) is 24.8 Å². The Morgan fingerprint density at radius 2 is 1.92 bits per heavy atom. The second kappa shape index (κ2) is 4.56. The van der Waals surface area contributed by atoms with E-state index in [4.69, 9.17) is 4.74 Å². The summed E-state index contributed by atoms with van der Waals surface area (Å²) in [5, 5.41) is 0. The predicted molar refractivity (Wildman–Crippen MR) is 54.7 cm³/mol. The standard InChI is InChI=1S/C11H20O2/c1-7-13-10(11(4,5)6)9(12)8(2)3/h10H,2,7H2,1,3-6H3. The van der Waals surface area contributed by atoms with Gasteiger partial charge in [0.15, 0.2) is 5.78 Å². The van der Waals surface area contributed by atoms with Gasteiger partial charge in [-0.1, -0.05) is 27.4 Å². The lowest BCUT2D eigenvalue weighted by atomic mass is 9.85. The van der Waals surface area contributed by atoms with Crippen LogP contribution in [0.5, 0.6) is 0 Å². The third-order valence-corrected chi connectivity index (χ3v) is 1.78. The molecule has 0 bridgehead atoms. The zero-order valence-electron chi connectivity index (χ0n) is 9.31. The van der Waals surface area contributed by atoms with E-state index in [2.05, 4.69) is 6.58 Å². The maximum Gasteiger partial charge on any atom is 0.187 e. The van der Waals surface area contributed by atoms with Crippen molar-refractivity contribution < 1.29 is 9.53 Å². The summed E-state index contributed by atoms with van der Waals surface area (Å²) in [5.74, 6) is 0.00866. The van der Waals surface area contributed by atoms with Crippen LogP contribution in [0.1, 0.15) is 34.6 Å². The molecule has 0 saturated carbocycles. The predicted octanol–water partition coefficient (Wildman–Crippen LogP) is 2.58. The second-order valence-electron chi connectivity index (χ2n) is 4.35. The van der Waals surface area contributed by atoms with E-state index >= 15 is 0 Å². The van der Waals surface area contributed by atoms with E-state index in [9.17, 15) is 4.79 Å². The van der Waals surface area contributed by atoms with Crippen LogP contribution in [0.2, 0.25) is 0 Å². The van der Waals surface area contributed by atoms with Gasteiger partial charge >= 0.3 is 0 Å². The topological polar surface area (TPSA) is 26.3 Å². The Hall–Kier alpha value is -0.630. The number of rotatable bonds is 4. The molecule has 0 fully saturated rings. The molecule has 0 aliphatic heterocycles. The molecular weight excluding hydrogens is 164 g/mol. The summed E-state index contributed by atoms with van der Waals surface area (Å²) >= 11 is 0. The minimum atomic E-state index is -0.366. The van der Waals surface area contributed by atoms with Gasteiger partial charge in [0.1, 0.15) is 6.10 Å². The number of hydrogen-bond donors (Lipinski definition) is 0. The molecule has 1 unspecified atom stereocenters. The molecule has 2 heteroatoms. The average Bonchev–Trinajstić information content (AvgIpc) is 1.96. The largest absolute Gasteiger partial charge is 0.370 e. The first kappa shape index (κ1) is 12.4. The third-order valence-electron chi connectivity index (χ3n) is 1.78. The monoisotopic (exact) mass is 184 g/mol. The van der Waals surface area contributed by atoms with Crippen molar-refractivity contribution in [2.75, 3.05) is 6.61 Å². The van der Waals surface area contributed by atoms with Gasteiger partial charge in [0.25, 0.3) is 0 Å². The first-order valence-electron chi connectivity index (χ1n) is 4.62. The Morgan fingerprint density at radius 1 is 1.46 bits per heavy atom. The summed E-state index contributed by atoms with van der Waals surface area (Å²) in [4.78, 5) is 11.7. The molecule has 13 heavy (non-hydrogen) atoms. The van der Waals surface area contributed by atoms with E-state index in [1.807, 2.05) is 27.7 Å². The van der Waals surface area contributed by atoms with Crippen LogP contribution in [0.25, 0.3) is 0 Å². The number of carbonyl (C=O) groups excluding carboxylic acids is 1. The first-order valence-corrected chi connectivity index (χ1v) is 4.62. The lowest BCUT2D eigenvalue weighted by Crippen LogP contribution is -2.37. The molecule has 0 aromatic rings. The third kappa shape index (κ3) is 3.73. The van der Waals surface area contributed by atoms with Crippen molar-refractivity contribution in [3.63, 3.8) is 0 Å². The highest BCUT2D eigenvalue weighted by atomic mass is 16.5. The van der Waals surface area contributed by atoms with Gasteiger partial charge < -0.3 is 4.74 Å².